The summed E-state index contributed by atoms with van der Waals surface area (Å²) in [5.74, 6) is 0.533. The van der Waals surface area contributed by atoms with Crippen molar-refractivity contribution in [2.75, 3.05) is 6.54 Å². The molecule has 0 unspecified atom stereocenters. The lowest BCUT2D eigenvalue weighted by atomic mass is 10.1. The zero-order chi connectivity index (χ0) is 17.1. The molecule has 0 bridgehead atoms. The molecule has 0 aliphatic rings. The molecule has 0 fully saturated rings. The highest BCUT2D eigenvalue weighted by Gasteiger charge is 2.10. The summed E-state index contributed by atoms with van der Waals surface area (Å²) >= 11 is 3.31. The number of aromatic hydroxyl groups is 1. The van der Waals surface area contributed by atoms with Crippen molar-refractivity contribution < 1.29 is 14.7 Å². The van der Waals surface area contributed by atoms with E-state index < -0.39 is 0 Å². The molecule has 0 atom stereocenters. The maximum absolute atomic E-state index is 12.1. The Kier molecular flexibility index (Phi) is 4.52. The minimum atomic E-state index is -0.345. The van der Waals surface area contributed by atoms with E-state index in [4.69, 9.17) is 0 Å². The number of nitrogens with zero attached hydrogens (tertiary/aromatic N) is 4. The quantitative estimate of drug-likeness (QED) is 0.637. The van der Waals surface area contributed by atoms with Crippen molar-refractivity contribution in [1.82, 2.24) is 24.9 Å². The third-order valence-electron chi connectivity index (χ3n) is 3.26. The van der Waals surface area contributed by atoms with Gasteiger partial charge in [0, 0.05) is 30.9 Å². The molecule has 0 aliphatic carbocycles. The van der Waals surface area contributed by atoms with Crippen LogP contribution in [0.2, 0.25) is 0 Å². The number of carbonyl (C=O) groups is 2. The lowest BCUT2D eigenvalue weighted by Gasteiger charge is -2.05. The first-order valence-corrected chi connectivity index (χ1v) is 7.79. The van der Waals surface area contributed by atoms with E-state index in [1.807, 2.05) is 0 Å². The molecule has 8 nitrogen and oxygen atoms in total. The van der Waals surface area contributed by atoms with Gasteiger partial charge in [0.2, 0.25) is 0 Å². The van der Waals surface area contributed by atoms with Gasteiger partial charge in [-0.2, -0.15) is 4.98 Å². The van der Waals surface area contributed by atoms with E-state index in [-0.39, 0.29) is 17.2 Å². The van der Waals surface area contributed by atoms with E-state index in [1.54, 1.807) is 16.9 Å². The Bertz CT molecular complexity index is 925. The number of phenolic OH excluding ortho intramolecular Hbond substituents is 1. The van der Waals surface area contributed by atoms with Gasteiger partial charge in [-0.15, -0.1) is 5.10 Å². The summed E-state index contributed by atoms with van der Waals surface area (Å²) in [5, 5.41) is 16.4. The van der Waals surface area contributed by atoms with Gasteiger partial charge in [-0.1, -0.05) is 0 Å². The minimum Gasteiger partial charge on any atom is -0.507 e. The maximum atomic E-state index is 12.1. The van der Waals surface area contributed by atoms with E-state index in [0.717, 1.165) is 4.47 Å². The minimum absolute atomic E-state index is 0.0707. The first-order valence-electron chi connectivity index (χ1n) is 7.00. The second kappa shape index (κ2) is 6.75. The number of benzene rings is 1. The molecule has 122 valence electrons. The van der Waals surface area contributed by atoms with Crippen LogP contribution >= 0.6 is 15.9 Å². The van der Waals surface area contributed by atoms with E-state index in [1.165, 1.54) is 18.2 Å². The molecule has 0 saturated carbocycles. The molecule has 3 aromatic rings. The maximum Gasteiger partial charge on any atom is 0.252 e. The summed E-state index contributed by atoms with van der Waals surface area (Å²) in [6, 6.07) is 4.09. The van der Waals surface area contributed by atoms with Crippen molar-refractivity contribution in [3.63, 3.8) is 0 Å². The molecule has 1 amide bonds. The number of carbonyl (C=O) groups excluding carboxylic acids is 2. The summed E-state index contributed by atoms with van der Waals surface area (Å²) in [6.07, 6.45) is 4.31. The molecule has 2 N–H and O–H groups in total. The van der Waals surface area contributed by atoms with Crippen molar-refractivity contribution in [1.29, 1.82) is 0 Å². The molecular weight excluding hydrogens is 378 g/mol. The zero-order valence-corrected chi connectivity index (χ0v) is 13.9. The van der Waals surface area contributed by atoms with Crippen LogP contribution in [-0.4, -0.2) is 43.4 Å². The number of aromatic nitrogens is 4. The van der Waals surface area contributed by atoms with Gasteiger partial charge >= 0.3 is 0 Å². The molecule has 1 aromatic carbocycles. The van der Waals surface area contributed by atoms with Crippen LogP contribution in [0.3, 0.4) is 0 Å². The van der Waals surface area contributed by atoms with Crippen LogP contribution < -0.4 is 5.32 Å². The van der Waals surface area contributed by atoms with Gasteiger partial charge in [0.15, 0.2) is 12.1 Å². The Morgan fingerprint density at radius 2 is 2.25 bits per heavy atom. The monoisotopic (exact) mass is 389 g/mol. The second-order valence-electron chi connectivity index (χ2n) is 4.94. The molecule has 24 heavy (non-hydrogen) atoms. The van der Waals surface area contributed by atoms with E-state index in [9.17, 15) is 14.7 Å². The van der Waals surface area contributed by atoms with Gasteiger partial charge in [-0.25, -0.2) is 9.50 Å². The van der Waals surface area contributed by atoms with Gasteiger partial charge in [-0.3, -0.25) is 9.59 Å². The van der Waals surface area contributed by atoms with Crippen molar-refractivity contribution in [3.05, 3.63) is 52.0 Å². The Morgan fingerprint density at radius 3 is 3.04 bits per heavy atom. The number of halogens is 1. The Hall–Kier alpha value is -2.81. The number of hydrogen-bond donors (Lipinski definition) is 2. The van der Waals surface area contributed by atoms with E-state index >= 15 is 0 Å². The fraction of sp³-hybridized carbons (Fsp3) is 0.133. The summed E-state index contributed by atoms with van der Waals surface area (Å²) in [7, 11) is 0. The lowest BCUT2D eigenvalue weighted by molar-refractivity contribution is 0.0954. The Morgan fingerprint density at radius 1 is 1.42 bits per heavy atom. The average molecular weight is 390 g/mol. The third-order valence-corrected chi connectivity index (χ3v) is 3.67. The van der Waals surface area contributed by atoms with Crippen LogP contribution in [0.4, 0.5) is 0 Å². The van der Waals surface area contributed by atoms with Crippen LogP contribution in [0.15, 0.2) is 35.1 Å². The number of nitrogens with one attached hydrogen (secondary N) is 1. The average Bonchev–Trinajstić information content (AvgIpc) is 2.96. The van der Waals surface area contributed by atoms with Crippen molar-refractivity contribution in [3.8, 4) is 5.75 Å². The molecule has 0 spiro atoms. The zero-order valence-electron chi connectivity index (χ0n) is 12.3. The largest absolute Gasteiger partial charge is 0.507 e. The fourth-order valence-electron chi connectivity index (χ4n) is 2.09. The van der Waals surface area contributed by atoms with Gasteiger partial charge < -0.3 is 10.4 Å². The molecule has 0 radical (unpaired) electrons. The number of phenols is 1. The Labute approximate surface area is 144 Å². The number of hydrogen-bond acceptors (Lipinski definition) is 6. The molecule has 0 aliphatic heterocycles. The first-order chi connectivity index (χ1) is 11.6. The Balaban J connectivity index is 1.62. The summed E-state index contributed by atoms with van der Waals surface area (Å²) in [6.45, 7) is 0.328. The highest BCUT2D eigenvalue weighted by Crippen LogP contribution is 2.16. The van der Waals surface area contributed by atoms with Crippen LogP contribution in [0.5, 0.6) is 5.75 Å². The number of aldehydes is 1. The highest BCUT2D eigenvalue weighted by molar-refractivity contribution is 9.10. The normalized spacial score (nSPS) is 10.7. The fourth-order valence-corrected chi connectivity index (χ4v) is 2.38. The highest BCUT2D eigenvalue weighted by atomic mass is 79.9. The molecule has 2 aromatic heterocycles. The van der Waals surface area contributed by atoms with E-state index in [2.05, 4.69) is 36.3 Å². The predicted molar refractivity (Wildman–Crippen MR) is 88.0 cm³/mol. The molecule has 0 saturated heterocycles. The molecule has 9 heteroatoms. The van der Waals surface area contributed by atoms with Gasteiger partial charge in [-0.05, 0) is 34.1 Å². The summed E-state index contributed by atoms with van der Waals surface area (Å²) in [4.78, 5) is 31.2. The third kappa shape index (κ3) is 3.40. The SMILES string of the molecule is O=Cc1cc(C(=O)NCCc2nc3ncc(Br)cn3n2)ccc1O. The van der Waals surface area contributed by atoms with Crippen LogP contribution in [-0.2, 0) is 6.42 Å². The van der Waals surface area contributed by atoms with Crippen molar-refractivity contribution in [2.45, 2.75) is 6.42 Å². The predicted octanol–water partition coefficient (Wildman–Crippen LogP) is 1.38. The summed E-state index contributed by atoms with van der Waals surface area (Å²) in [5.41, 5.74) is 0.366. The lowest BCUT2D eigenvalue weighted by Crippen LogP contribution is -2.26. The topological polar surface area (TPSA) is 109 Å². The smallest absolute Gasteiger partial charge is 0.252 e. The molecule has 2 heterocycles. The van der Waals surface area contributed by atoms with Crippen LogP contribution in [0, 0.1) is 0 Å². The second-order valence-corrected chi connectivity index (χ2v) is 5.86. The molecular formula is C15H12BrN5O3. The standard InChI is InChI=1S/C15H12BrN5O3/c16-11-6-18-15-19-13(20-21(15)7-11)3-4-17-14(24)9-1-2-12(23)10(5-9)8-22/h1-2,5-8,23H,3-4H2,(H,17,24). The number of rotatable bonds is 5. The first kappa shape index (κ1) is 16.1. The number of amides is 1. The summed E-state index contributed by atoms with van der Waals surface area (Å²) < 4.78 is 2.34. The number of fused-ring (bicyclic) bond motifs is 1. The van der Waals surface area contributed by atoms with Crippen LogP contribution in [0.25, 0.3) is 5.78 Å². The van der Waals surface area contributed by atoms with Gasteiger partial charge in [0.1, 0.15) is 5.75 Å². The van der Waals surface area contributed by atoms with Gasteiger partial charge in [0.25, 0.3) is 11.7 Å². The van der Waals surface area contributed by atoms with E-state index in [0.29, 0.717) is 36.4 Å². The van der Waals surface area contributed by atoms with Crippen LogP contribution in [0.1, 0.15) is 26.5 Å². The van der Waals surface area contributed by atoms with Crippen molar-refractivity contribution >= 4 is 33.9 Å². The molecule has 3 rings (SSSR count). The van der Waals surface area contributed by atoms with Crippen molar-refractivity contribution in [2.24, 2.45) is 0 Å². The van der Waals surface area contributed by atoms with Gasteiger partial charge in [0.05, 0.1) is 10.0 Å².